The first-order chi connectivity index (χ1) is 11.6. The first-order valence-corrected chi connectivity index (χ1v) is 7.67. The standard InChI is InChI=1S/C18H14F3N3/c19-11-5-6-12(15(21)9-11)18-13-10-22-8-7-16(13)24(23-18)17-4-2-1-3-14(17)20/h1-6,9,22H,7-8,10H2. The summed E-state index contributed by atoms with van der Waals surface area (Å²) >= 11 is 0. The maximum absolute atomic E-state index is 14.2. The molecular weight excluding hydrogens is 315 g/mol. The predicted molar refractivity (Wildman–Crippen MR) is 84.3 cm³/mol. The summed E-state index contributed by atoms with van der Waals surface area (Å²) in [6, 6.07) is 9.73. The number of benzene rings is 2. The second kappa shape index (κ2) is 5.79. The summed E-state index contributed by atoms with van der Waals surface area (Å²) < 4.78 is 43.1. The van der Waals surface area contributed by atoms with Crippen LogP contribution in [0.4, 0.5) is 13.2 Å². The van der Waals surface area contributed by atoms with E-state index in [1.165, 1.54) is 22.9 Å². The summed E-state index contributed by atoms with van der Waals surface area (Å²) in [5.74, 6) is -1.72. The highest BCUT2D eigenvalue weighted by Gasteiger charge is 2.25. The van der Waals surface area contributed by atoms with Gasteiger partial charge in [-0.2, -0.15) is 5.10 Å². The molecule has 3 aromatic rings. The van der Waals surface area contributed by atoms with Gasteiger partial charge in [0.15, 0.2) is 0 Å². The molecule has 0 fully saturated rings. The van der Waals surface area contributed by atoms with Crippen LogP contribution in [-0.4, -0.2) is 16.3 Å². The first kappa shape index (κ1) is 15.0. The lowest BCUT2D eigenvalue weighted by Crippen LogP contribution is -2.24. The molecule has 0 amide bonds. The number of hydrogen-bond donors (Lipinski definition) is 1. The molecule has 1 aliphatic rings. The van der Waals surface area contributed by atoms with Crippen LogP contribution in [0.2, 0.25) is 0 Å². The van der Waals surface area contributed by atoms with Crippen LogP contribution in [0.15, 0.2) is 42.5 Å². The van der Waals surface area contributed by atoms with E-state index in [2.05, 4.69) is 10.4 Å². The summed E-state index contributed by atoms with van der Waals surface area (Å²) in [7, 11) is 0. The Labute approximate surface area is 136 Å². The van der Waals surface area contributed by atoms with Crippen molar-refractivity contribution in [3.63, 3.8) is 0 Å². The molecule has 0 spiro atoms. The van der Waals surface area contributed by atoms with E-state index in [1.807, 2.05) is 0 Å². The molecule has 4 rings (SSSR count). The van der Waals surface area contributed by atoms with Gasteiger partial charge in [-0.1, -0.05) is 12.1 Å². The molecule has 6 heteroatoms. The Bertz CT molecular complexity index is 918. The zero-order valence-electron chi connectivity index (χ0n) is 12.7. The van der Waals surface area contributed by atoms with E-state index < -0.39 is 17.5 Å². The van der Waals surface area contributed by atoms with Crippen molar-refractivity contribution in [3.8, 4) is 16.9 Å². The summed E-state index contributed by atoms with van der Waals surface area (Å²) in [6.07, 6.45) is 0.652. The molecule has 1 aromatic heterocycles. The van der Waals surface area contributed by atoms with Gasteiger partial charge in [0.1, 0.15) is 28.8 Å². The van der Waals surface area contributed by atoms with Crippen molar-refractivity contribution in [2.24, 2.45) is 0 Å². The maximum atomic E-state index is 14.2. The Morgan fingerprint density at radius 2 is 1.83 bits per heavy atom. The van der Waals surface area contributed by atoms with Crippen LogP contribution >= 0.6 is 0 Å². The second-order valence-electron chi connectivity index (χ2n) is 5.69. The van der Waals surface area contributed by atoms with Crippen LogP contribution in [0.5, 0.6) is 0 Å². The quantitative estimate of drug-likeness (QED) is 0.778. The predicted octanol–water partition coefficient (Wildman–Crippen LogP) is 3.60. The zero-order valence-corrected chi connectivity index (χ0v) is 12.7. The van der Waals surface area contributed by atoms with Gasteiger partial charge < -0.3 is 5.32 Å². The van der Waals surface area contributed by atoms with Crippen LogP contribution in [0, 0.1) is 17.5 Å². The van der Waals surface area contributed by atoms with Crippen molar-refractivity contribution in [1.29, 1.82) is 0 Å². The van der Waals surface area contributed by atoms with Crippen molar-refractivity contribution in [3.05, 3.63) is 71.2 Å². The van der Waals surface area contributed by atoms with E-state index in [4.69, 9.17) is 0 Å². The van der Waals surface area contributed by atoms with Crippen LogP contribution in [0.1, 0.15) is 11.3 Å². The Morgan fingerprint density at radius 3 is 2.62 bits per heavy atom. The second-order valence-corrected chi connectivity index (χ2v) is 5.69. The third-order valence-electron chi connectivity index (χ3n) is 4.20. The third kappa shape index (κ3) is 2.39. The lowest BCUT2D eigenvalue weighted by atomic mass is 10.0. The van der Waals surface area contributed by atoms with E-state index in [9.17, 15) is 13.2 Å². The van der Waals surface area contributed by atoms with Gasteiger partial charge in [-0.3, -0.25) is 0 Å². The summed E-state index contributed by atoms with van der Waals surface area (Å²) in [6.45, 7) is 1.24. The van der Waals surface area contributed by atoms with E-state index in [1.54, 1.807) is 18.2 Å². The average Bonchev–Trinajstić information content (AvgIpc) is 2.95. The minimum absolute atomic E-state index is 0.214. The van der Waals surface area contributed by atoms with Crippen molar-refractivity contribution >= 4 is 0 Å². The van der Waals surface area contributed by atoms with Gasteiger partial charge in [-0.15, -0.1) is 0 Å². The molecule has 0 saturated carbocycles. The molecule has 0 atom stereocenters. The number of hydrogen-bond acceptors (Lipinski definition) is 2. The van der Waals surface area contributed by atoms with Crippen LogP contribution in [-0.2, 0) is 13.0 Å². The maximum Gasteiger partial charge on any atom is 0.148 e. The van der Waals surface area contributed by atoms with Gasteiger partial charge in [0.05, 0.1) is 5.69 Å². The van der Waals surface area contributed by atoms with Gasteiger partial charge in [-0.05, 0) is 24.3 Å². The molecule has 0 radical (unpaired) electrons. The Kier molecular flexibility index (Phi) is 3.61. The van der Waals surface area contributed by atoms with E-state index in [0.29, 0.717) is 24.3 Å². The van der Waals surface area contributed by atoms with Gasteiger partial charge in [0.2, 0.25) is 0 Å². The molecule has 0 aliphatic carbocycles. The largest absolute Gasteiger partial charge is 0.312 e. The fourth-order valence-corrected chi connectivity index (χ4v) is 3.07. The summed E-state index contributed by atoms with van der Waals surface area (Å²) in [5.41, 5.74) is 2.61. The number of halogens is 3. The molecule has 0 unspecified atom stereocenters. The van der Waals surface area contributed by atoms with Crippen molar-refractivity contribution in [1.82, 2.24) is 15.1 Å². The van der Waals surface area contributed by atoms with Crippen molar-refractivity contribution in [2.45, 2.75) is 13.0 Å². The molecule has 2 aromatic carbocycles. The molecule has 1 N–H and O–H groups in total. The van der Waals surface area contributed by atoms with Gasteiger partial charge >= 0.3 is 0 Å². The number of fused-ring (bicyclic) bond motifs is 1. The fourth-order valence-electron chi connectivity index (χ4n) is 3.07. The number of nitrogens with zero attached hydrogens (tertiary/aromatic N) is 2. The number of nitrogens with one attached hydrogen (secondary N) is 1. The zero-order chi connectivity index (χ0) is 16.7. The summed E-state index contributed by atoms with van der Waals surface area (Å²) in [5, 5.41) is 7.68. The van der Waals surface area contributed by atoms with Gasteiger partial charge in [0.25, 0.3) is 0 Å². The number of aromatic nitrogens is 2. The summed E-state index contributed by atoms with van der Waals surface area (Å²) in [4.78, 5) is 0. The van der Waals surface area contributed by atoms with Gasteiger partial charge in [-0.25, -0.2) is 17.9 Å². The average molecular weight is 329 g/mol. The number of para-hydroxylation sites is 1. The van der Waals surface area contributed by atoms with Crippen LogP contribution < -0.4 is 5.32 Å². The molecule has 0 saturated heterocycles. The molecule has 24 heavy (non-hydrogen) atoms. The lowest BCUT2D eigenvalue weighted by Gasteiger charge is -2.16. The highest BCUT2D eigenvalue weighted by atomic mass is 19.1. The normalized spacial score (nSPS) is 13.8. The molecule has 0 bridgehead atoms. The Morgan fingerprint density at radius 1 is 1.00 bits per heavy atom. The minimum Gasteiger partial charge on any atom is -0.312 e. The lowest BCUT2D eigenvalue weighted by molar-refractivity contribution is 0.585. The van der Waals surface area contributed by atoms with Crippen LogP contribution in [0.25, 0.3) is 16.9 Å². The smallest absolute Gasteiger partial charge is 0.148 e. The van der Waals surface area contributed by atoms with Crippen LogP contribution in [0.3, 0.4) is 0 Å². The van der Waals surface area contributed by atoms with Gasteiger partial charge in [0, 0.05) is 36.7 Å². The minimum atomic E-state index is -0.679. The molecular formula is C18H14F3N3. The van der Waals surface area contributed by atoms with E-state index in [-0.39, 0.29) is 5.56 Å². The first-order valence-electron chi connectivity index (χ1n) is 7.67. The fraction of sp³-hybridized carbons (Fsp3) is 0.167. The Hall–Kier alpha value is -2.60. The molecule has 3 nitrogen and oxygen atoms in total. The molecule has 1 aliphatic heterocycles. The SMILES string of the molecule is Fc1ccc(-c2nn(-c3ccccc3F)c3c2CNCC3)c(F)c1. The van der Waals surface area contributed by atoms with E-state index >= 15 is 0 Å². The highest BCUT2D eigenvalue weighted by Crippen LogP contribution is 2.31. The number of rotatable bonds is 2. The van der Waals surface area contributed by atoms with Crippen molar-refractivity contribution in [2.75, 3.05) is 6.54 Å². The highest BCUT2D eigenvalue weighted by molar-refractivity contribution is 5.66. The molecule has 122 valence electrons. The van der Waals surface area contributed by atoms with E-state index in [0.717, 1.165) is 23.9 Å². The molecule has 2 heterocycles. The monoisotopic (exact) mass is 329 g/mol. The topological polar surface area (TPSA) is 29.9 Å². The third-order valence-corrected chi connectivity index (χ3v) is 4.20. The van der Waals surface area contributed by atoms with Crippen molar-refractivity contribution < 1.29 is 13.2 Å². The Balaban J connectivity index is 1.95.